The molecule has 2 unspecified atom stereocenters. The Morgan fingerprint density at radius 1 is 1.10 bits per heavy atom. The molecule has 1 amide bonds. The van der Waals surface area contributed by atoms with Gasteiger partial charge in [0.05, 0.1) is 12.2 Å². The summed E-state index contributed by atoms with van der Waals surface area (Å²) in [6, 6.07) is 9.11. The molecule has 4 N–H and O–H groups in total. The average molecular weight is 415 g/mol. The van der Waals surface area contributed by atoms with Crippen LogP contribution in [0, 0.1) is 5.92 Å². The van der Waals surface area contributed by atoms with Crippen LogP contribution in [0.1, 0.15) is 17.9 Å². The number of nitrogens with two attached hydrogens (primary N) is 1. The van der Waals surface area contributed by atoms with Crippen molar-refractivity contribution in [3.05, 3.63) is 47.7 Å². The Balaban J connectivity index is 1.57. The zero-order valence-electron chi connectivity index (χ0n) is 17.1. The van der Waals surface area contributed by atoms with Crippen LogP contribution < -0.4 is 11.1 Å². The molecule has 30 heavy (non-hydrogen) atoms. The minimum Gasteiger partial charge on any atom is -0.395 e. The number of hydrogen-bond donors (Lipinski definition) is 3. The minimum absolute atomic E-state index is 0.0266. The topological polar surface area (TPSA) is 116 Å². The van der Waals surface area contributed by atoms with Crippen molar-refractivity contribution in [1.29, 1.82) is 0 Å². The van der Waals surface area contributed by atoms with E-state index in [1.807, 2.05) is 30.3 Å². The fourth-order valence-corrected chi connectivity index (χ4v) is 4.18. The average Bonchev–Trinajstić information content (AvgIpc) is 2.74. The Morgan fingerprint density at radius 2 is 1.73 bits per heavy atom. The smallest absolute Gasteiger partial charge is 0.229 e. The number of rotatable bonds is 8. The van der Waals surface area contributed by atoms with E-state index >= 15 is 0 Å². The Kier molecular flexibility index (Phi) is 7.73. The SMILES string of the molecule is NC(=O)C1C(=O)/C(=C\NCCN2CCN(CCO)CC2)C(=O)CC1c1ccccc1. The first-order valence-corrected chi connectivity index (χ1v) is 10.4. The van der Waals surface area contributed by atoms with Crippen LogP contribution in [0.3, 0.4) is 0 Å². The van der Waals surface area contributed by atoms with Crippen LogP contribution in [0.25, 0.3) is 0 Å². The van der Waals surface area contributed by atoms with Gasteiger partial charge in [-0.1, -0.05) is 30.3 Å². The first-order chi connectivity index (χ1) is 14.5. The number of allylic oxidation sites excluding steroid dienone is 1. The lowest BCUT2D eigenvalue weighted by Crippen LogP contribution is -2.48. The monoisotopic (exact) mass is 414 g/mol. The molecule has 1 heterocycles. The maximum Gasteiger partial charge on any atom is 0.229 e. The third-order valence-electron chi connectivity index (χ3n) is 5.89. The molecule has 8 heteroatoms. The molecule has 1 aliphatic heterocycles. The van der Waals surface area contributed by atoms with Crippen molar-refractivity contribution in [3.8, 4) is 0 Å². The summed E-state index contributed by atoms with van der Waals surface area (Å²) in [5, 5.41) is 12.1. The first-order valence-electron chi connectivity index (χ1n) is 10.4. The standard InChI is InChI=1S/C22H30N4O4/c23-22(30)20-17(16-4-2-1-3-5-16)14-19(28)18(21(20)29)15-24-6-7-25-8-10-26(11-9-25)12-13-27/h1-5,15,17,20,24,27H,6-14H2,(H2,23,30)/b18-15-. The van der Waals surface area contributed by atoms with Gasteiger partial charge in [0.25, 0.3) is 0 Å². The number of piperazine rings is 1. The van der Waals surface area contributed by atoms with Gasteiger partial charge < -0.3 is 16.2 Å². The molecule has 162 valence electrons. The van der Waals surface area contributed by atoms with Gasteiger partial charge >= 0.3 is 0 Å². The van der Waals surface area contributed by atoms with E-state index in [4.69, 9.17) is 10.8 Å². The zero-order chi connectivity index (χ0) is 21.5. The summed E-state index contributed by atoms with van der Waals surface area (Å²) in [6.07, 6.45) is 1.54. The molecule has 2 aliphatic rings. The second kappa shape index (κ2) is 10.5. The summed E-state index contributed by atoms with van der Waals surface area (Å²) in [7, 11) is 0. The van der Waals surface area contributed by atoms with E-state index in [2.05, 4.69) is 15.1 Å². The lowest BCUT2D eigenvalue weighted by Gasteiger charge is -2.34. The molecule has 3 rings (SSSR count). The van der Waals surface area contributed by atoms with Crippen LogP contribution in [0.15, 0.2) is 42.1 Å². The summed E-state index contributed by atoms with van der Waals surface area (Å²) in [6.45, 7) is 5.91. The second-order valence-electron chi connectivity index (χ2n) is 7.81. The van der Waals surface area contributed by atoms with Crippen molar-refractivity contribution in [2.24, 2.45) is 11.7 Å². The fraction of sp³-hybridized carbons (Fsp3) is 0.500. The number of primary amides is 1. The molecule has 1 saturated carbocycles. The number of benzene rings is 1. The van der Waals surface area contributed by atoms with Gasteiger partial charge in [-0.05, 0) is 5.56 Å². The van der Waals surface area contributed by atoms with E-state index in [-0.39, 0.29) is 24.4 Å². The number of amides is 1. The molecule has 1 aliphatic carbocycles. The molecule has 0 bridgehead atoms. The molecular weight excluding hydrogens is 384 g/mol. The molecule has 8 nitrogen and oxygen atoms in total. The van der Waals surface area contributed by atoms with Crippen LogP contribution in [-0.2, 0) is 14.4 Å². The van der Waals surface area contributed by atoms with Gasteiger partial charge in [-0.15, -0.1) is 0 Å². The predicted octanol–water partition coefficient (Wildman–Crippen LogP) is -0.503. The van der Waals surface area contributed by atoms with E-state index in [0.717, 1.165) is 38.3 Å². The largest absolute Gasteiger partial charge is 0.395 e. The van der Waals surface area contributed by atoms with Gasteiger partial charge in [0.1, 0.15) is 5.92 Å². The number of aliphatic hydroxyl groups excluding tert-OH is 1. The lowest BCUT2D eigenvalue weighted by molar-refractivity contribution is -0.134. The number of ketones is 2. The molecule has 0 spiro atoms. The van der Waals surface area contributed by atoms with E-state index in [0.29, 0.717) is 13.1 Å². The maximum atomic E-state index is 12.9. The highest BCUT2D eigenvalue weighted by molar-refractivity contribution is 6.27. The summed E-state index contributed by atoms with van der Waals surface area (Å²) in [4.78, 5) is 42.1. The Labute approximate surface area is 176 Å². The number of aliphatic hydroxyl groups is 1. The number of carbonyl (C=O) groups is 3. The second-order valence-corrected chi connectivity index (χ2v) is 7.81. The molecule has 0 aromatic heterocycles. The van der Waals surface area contributed by atoms with Gasteiger partial charge in [0.15, 0.2) is 11.6 Å². The van der Waals surface area contributed by atoms with Gasteiger partial charge in [-0.2, -0.15) is 0 Å². The van der Waals surface area contributed by atoms with Gasteiger partial charge in [-0.3, -0.25) is 24.2 Å². The van der Waals surface area contributed by atoms with E-state index in [1.54, 1.807) is 0 Å². The third kappa shape index (κ3) is 5.33. The molecule has 2 fully saturated rings. The zero-order valence-corrected chi connectivity index (χ0v) is 17.1. The number of Topliss-reactive ketones (excluding diaryl/α,β-unsaturated/α-hetero) is 2. The molecule has 1 saturated heterocycles. The van der Waals surface area contributed by atoms with Crippen molar-refractivity contribution in [1.82, 2.24) is 15.1 Å². The maximum absolute atomic E-state index is 12.9. The van der Waals surface area contributed by atoms with Gasteiger partial charge in [-0.25, -0.2) is 0 Å². The number of β-amino-alcohol motifs (C(OH)–C–C–N with tert-alkyl or cyclic N) is 1. The predicted molar refractivity (Wildman–Crippen MR) is 113 cm³/mol. The van der Waals surface area contributed by atoms with Crippen LogP contribution in [0.4, 0.5) is 0 Å². The van der Waals surface area contributed by atoms with E-state index in [1.165, 1.54) is 6.20 Å². The number of nitrogens with one attached hydrogen (secondary N) is 1. The van der Waals surface area contributed by atoms with Gasteiger partial charge in [0, 0.05) is 64.4 Å². The van der Waals surface area contributed by atoms with Crippen LogP contribution >= 0.6 is 0 Å². The molecule has 0 radical (unpaired) electrons. The van der Waals surface area contributed by atoms with E-state index in [9.17, 15) is 14.4 Å². The quantitative estimate of drug-likeness (QED) is 0.227. The van der Waals surface area contributed by atoms with E-state index < -0.39 is 23.5 Å². The number of carbonyl (C=O) groups excluding carboxylic acids is 3. The summed E-state index contributed by atoms with van der Waals surface area (Å²) in [5.41, 5.74) is 6.33. The molecule has 1 aromatic rings. The van der Waals surface area contributed by atoms with Crippen LogP contribution in [0.2, 0.25) is 0 Å². The highest BCUT2D eigenvalue weighted by Crippen LogP contribution is 2.36. The fourth-order valence-electron chi connectivity index (χ4n) is 4.18. The Bertz CT molecular complexity index is 788. The Hall–Kier alpha value is -2.55. The molecule has 2 atom stereocenters. The van der Waals surface area contributed by atoms with Crippen molar-refractivity contribution in [2.45, 2.75) is 12.3 Å². The van der Waals surface area contributed by atoms with Gasteiger partial charge in [0.2, 0.25) is 5.91 Å². The van der Waals surface area contributed by atoms with Crippen LogP contribution in [0.5, 0.6) is 0 Å². The van der Waals surface area contributed by atoms with Crippen molar-refractivity contribution < 1.29 is 19.5 Å². The highest BCUT2D eigenvalue weighted by Gasteiger charge is 2.43. The summed E-state index contributed by atoms with van der Waals surface area (Å²) in [5.74, 6) is -3.02. The third-order valence-corrected chi connectivity index (χ3v) is 5.89. The number of hydrogen-bond acceptors (Lipinski definition) is 7. The normalized spacial score (nSPS) is 24.9. The van der Waals surface area contributed by atoms with Crippen molar-refractivity contribution in [3.63, 3.8) is 0 Å². The lowest BCUT2D eigenvalue weighted by atomic mass is 9.72. The van der Waals surface area contributed by atoms with Crippen LogP contribution in [-0.4, -0.2) is 84.8 Å². The summed E-state index contributed by atoms with van der Waals surface area (Å²) < 4.78 is 0. The molecular formula is C22H30N4O4. The first kappa shape index (κ1) is 22.1. The molecule has 1 aromatic carbocycles. The van der Waals surface area contributed by atoms with Crippen molar-refractivity contribution in [2.75, 3.05) is 52.4 Å². The Morgan fingerprint density at radius 3 is 2.33 bits per heavy atom. The summed E-state index contributed by atoms with van der Waals surface area (Å²) >= 11 is 0. The number of nitrogens with zero attached hydrogens (tertiary/aromatic N) is 2. The van der Waals surface area contributed by atoms with Crippen molar-refractivity contribution >= 4 is 17.5 Å². The highest BCUT2D eigenvalue weighted by atomic mass is 16.3. The minimum atomic E-state index is -1.03.